The third kappa shape index (κ3) is 3.76. The lowest BCUT2D eigenvalue weighted by Gasteiger charge is -2.29. The van der Waals surface area contributed by atoms with E-state index in [4.69, 9.17) is 0 Å². The number of fused-ring (bicyclic) bond motifs is 1. The molecule has 1 amide bonds. The highest BCUT2D eigenvalue weighted by Crippen LogP contribution is 2.20. The van der Waals surface area contributed by atoms with Crippen LogP contribution in [0.1, 0.15) is 30.5 Å². The van der Waals surface area contributed by atoms with Crippen LogP contribution in [0.2, 0.25) is 0 Å². The highest BCUT2D eigenvalue weighted by Gasteiger charge is 2.21. The maximum atomic E-state index is 12.6. The largest absolute Gasteiger partial charge is 0.338 e. The number of carbonyl (C=O) groups excluding carboxylic acids is 1. The lowest BCUT2D eigenvalue weighted by Crippen LogP contribution is -2.36. The maximum absolute atomic E-state index is 12.6. The summed E-state index contributed by atoms with van der Waals surface area (Å²) in [6.07, 6.45) is 1.18. The van der Waals surface area contributed by atoms with Gasteiger partial charge in [-0.3, -0.25) is 4.79 Å². The number of hydrogen-bond donors (Lipinski definition) is 0. The predicted molar refractivity (Wildman–Crippen MR) is 98.0 cm³/mol. The van der Waals surface area contributed by atoms with Gasteiger partial charge in [0.15, 0.2) is 9.84 Å². The van der Waals surface area contributed by atoms with E-state index in [1.54, 1.807) is 38.1 Å². The van der Waals surface area contributed by atoms with Gasteiger partial charge >= 0.3 is 0 Å². The average Bonchev–Trinajstić information content (AvgIpc) is 2.61. The van der Waals surface area contributed by atoms with Crippen LogP contribution >= 0.6 is 0 Å². The first-order chi connectivity index (χ1) is 11.9. The summed E-state index contributed by atoms with van der Waals surface area (Å²) in [5.41, 5.74) is 3.36. The van der Waals surface area contributed by atoms with Crippen molar-refractivity contribution in [3.05, 3.63) is 65.2 Å². The van der Waals surface area contributed by atoms with Crippen LogP contribution in [-0.2, 0) is 34.0 Å². The van der Waals surface area contributed by atoms with E-state index in [0.717, 1.165) is 18.5 Å². The number of sulfone groups is 1. The van der Waals surface area contributed by atoms with Crippen molar-refractivity contribution in [1.82, 2.24) is 4.90 Å². The summed E-state index contributed by atoms with van der Waals surface area (Å²) in [5.74, 6) is 0.0777. The molecule has 2 aromatic rings. The highest BCUT2D eigenvalue weighted by atomic mass is 32.2. The molecule has 3 rings (SSSR count). The van der Waals surface area contributed by atoms with Crippen molar-refractivity contribution in [2.24, 2.45) is 0 Å². The van der Waals surface area contributed by atoms with E-state index in [0.29, 0.717) is 17.9 Å². The minimum Gasteiger partial charge on any atom is -0.338 e. The molecule has 0 spiro atoms. The number of hydrogen-bond acceptors (Lipinski definition) is 3. The van der Waals surface area contributed by atoms with Crippen molar-refractivity contribution in [2.75, 3.05) is 6.54 Å². The molecule has 25 heavy (non-hydrogen) atoms. The Kier molecular flexibility index (Phi) is 4.95. The minimum absolute atomic E-state index is 0.0777. The van der Waals surface area contributed by atoms with Crippen LogP contribution in [0.4, 0.5) is 0 Å². The molecule has 1 aliphatic heterocycles. The van der Waals surface area contributed by atoms with E-state index in [9.17, 15) is 13.2 Å². The first kappa shape index (κ1) is 17.7. The summed E-state index contributed by atoms with van der Waals surface area (Å²) in [5, 5.41) is -0.451. The predicted octanol–water partition coefficient (Wildman–Crippen LogP) is 3.00. The Hall–Kier alpha value is -2.14. The molecule has 1 aliphatic rings. The van der Waals surface area contributed by atoms with E-state index in [1.165, 1.54) is 11.1 Å². The fourth-order valence-corrected chi connectivity index (χ4v) is 4.12. The van der Waals surface area contributed by atoms with E-state index in [2.05, 4.69) is 12.1 Å². The smallest absolute Gasteiger partial charge is 0.227 e. The zero-order valence-electron chi connectivity index (χ0n) is 14.6. The van der Waals surface area contributed by atoms with E-state index >= 15 is 0 Å². The molecule has 0 fully saturated rings. The molecular weight excluding hydrogens is 334 g/mol. The van der Waals surface area contributed by atoms with Gasteiger partial charge in [0.05, 0.1) is 16.6 Å². The lowest BCUT2D eigenvalue weighted by molar-refractivity contribution is -0.131. The van der Waals surface area contributed by atoms with Crippen LogP contribution in [0.15, 0.2) is 53.4 Å². The molecule has 0 saturated carbocycles. The number of amides is 1. The summed E-state index contributed by atoms with van der Waals surface area (Å²) in [7, 11) is -3.27. The molecule has 0 aliphatic carbocycles. The van der Waals surface area contributed by atoms with Crippen molar-refractivity contribution >= 4 is 15.7 Å². The van der Waals surface area contributed by atoms with Gasteiger partial charge in [0.2, 0.25) is 5.91 Å². The third-order valence-electron chi connectivity index (χ3n) is 4.71. The van der Waals surface area contributed by atoms with Crippen molar-refractivity contribution in [3.63, 3.8) is 0 Å². The van der Waals surface area contributed by atoms with Gasteiger partial charge in [0.25, 0.3) is 0 Å². The van der Waals surface area contributed by atoms with Crippen molar-refractivity contribution in [1.29, 1.82) is 0 Å². The molecule has 0 atom stereocenters. The molecule has 0 unspecified atom stereocenters. The van der Waals surface area contributed by atoms with Gasteiger partial charge in [-0.05, 0) is 49.1 Å². The van der Waals surface area contributed by atoms with Crippen LogP contribution in [0, 0.1) is 0 Å². The molecule has 1 heterocycles. The molecule has 0 aromatic heterocycles. The third-order valence-corrected chi connectivity index (χ3v) is 6.88. The Morgan fingerprint density at radius 3 is 2.32 bits per heavy atom. The summed E-state index contributed by atoms with van der Waals surface area (Å²) >= 11 is 0. The Balaban J connectivity index is 1.68. The summed E-state index contributed by atoms with van der Waals surface area (Å²) in [4.78, 5) is 14.8. The van der Waals surface area contributed by atoms with Crippen molar-refractivity contribution < 1.29 is 13.2 Å². The van der Waals surface area contributed by atoms with Gasteiger partial charge in [-0.25, -0.2) is 8.42 Å². The minimum atomic E-state index is -3.27. The molecule has 0 radical (unpaired) electrons. The number of nitrogens with zero attached hydrogens (tertiary/aromatic N) is 1. The number of benzene rings is 2. The normalized spacial score (nSPS) is 14.4. The van der Waals surface area contributed by atoms with Crippen LogP contribution < -0.4 is 0 Å². The Morgan fingerprint density at radius 2 is 1.68 bits per heavy atom. The lowest BCUT2D eigenvalue weighted by atomic mass is 9.99. The SMILES string of the molecule is CC(C)S(=O)(=O)c1ccc(CC(=O)N2CCc3ccccc3C2)cc1. The fraction of sp³-hybridized carbons (Fsp3) is 0.350. The number of rotatable bonds is 4. The standard InChI is InChI=1S/C20H23NO3S/c1-15(2)25(23,24)19-9-7-16(8-10-19)13-20(22)21-12-11-17-5-3-4-6-18(17)14-21/h3-10,15H,11-14H2,1-2H3. The van der Waals surface area contributed by atoms with Crippen LogP contribution in [0.5, 0.6) is 0 Å². The van der Waals surface area contributed by atoms with Gasteiger partial charge < -0.3 is 4.90 Å². The van der Waals surface area contributed by atoms with Gasteiger partial charge in [-0.2, -0.15) is 0 Å². The quantitative estimate of drug-likeness (QED) is 0.845. The van der Waals surface area contributed by atoms with E-state index in [-0.39, 0.29) is 5.91 Å². The summed E-state index contributed by atoms with van der Waals surface area (Å²) in [6.45, 7) is 4.71. The molecular formula is C20H23NO3S. The highest BCUT2D eigenvalue weighted by molar-refractivity contribution is 7.92. The van der Waals surface area contributed by atoms with Gasteiger partial charge in [0, 0.05) is 13.1 Å². The van der Waals surface area contributed by atoms with Gasteiger partial charge in [-0.1, -0.05) is 36.4 Å². The topological polar surface area (TPSA) is 54.5 Å². The first-order valence-electron chi connectivity index (χ1n) is 8.55. The first-order valence-corrected chi connectivity index (χ1v) is 10.1. The van der Waals surface area contributed by atoms with Crippen molar-refractivity contribution in [2.45, 2.75) is 43.4 Å². The van der Waals surface area contributed by atoms with E-state index < -0.39 is 15.1 Å². The second-order valence-corrected chi connectivity index (χ2v) is 9.25. The maximum Gasteiger partial charge on any atom is 0.227 e. The summed E-state index contributed by atoms with van der Waals surface area (Å²) in [6, 6.07) is 14.9. The Morgan fingerprint density at radius 1 is 1.04 bits per heavy atom. The van der Waals surface area contributed by atoms with Crippen molar-refractivity contribution in [3.8, 4) is 0 Å². The summed E-state index contributed by atoms with van der Waals surface area (Å²) < 4.78 is 24.3. The Labute approximate surface area is 149 Å². The second-order valence-electron chi connectivity index (χ2n) is 6.75. The Bertz CT molecular complexity index is 870. The molecule has 132 valence electrons. The molecule has 0 N–H and O–H groups in total. The molecule has 0 bridgehead atoms. The van der Waals surface area contributed by atoms with Crippen LogP contribution in [-0.4, -0.2) is 31.0 Å². The van der Waals surface area contributed by atoms with Gasteiger partial charge in [0.1, 0.15) is 0 Å². The second kappa shape index (κ2) is 7.00. The fourth-order valence-electron chi connectivity index (χ4n) is 3.06. The van der Waals surface area contributed by atoms with Gasteiger partial charge in [-0.15, -0.1) is 0 Å². The number of carbonyl (C=O) groups is 1. The average molecular weight is 357 g/mol. The monoisotopic (exact) mass is 357 g/mol. The molecule has 0 saturated heterocycles. The van der Waals surface area contributed by atoms with Crippen LogP contribution in [0.25, 0.3) is 0 Å². The van der Waals surface area contributed by atoms with Crippen LogP contribution in [0.3, 0.4) is 0 Å². The zero-order chi connectivity index (χ0) is 18.0. The van der Waals surface area contributed by atoms with E-state index in [1.807, 2.05) is 17.0 Å². The molecule has 4 nitrogen and oxygen atoms in total. The molecule has 5 heteroatoms. The molecule has 2 aromatic carbocycles. The zero-order valence-corrected chi connectivity index (χ0v) is 15.4.